The first-order chi connectivity index (χ1) is 11.3. The first kappa shape index (κ1) is 16.5. The van der Waals surface area contributed by atoms with Gasteiger partial charge in [0.25, 0.3) is 0 Å². The molecule has 1 aromatic carbocycles. The van der Waals surface area contributed by atoms with Crippen molar-refractivity contribution in [2.24, 2.45) is 0 Å². The van der Waals surface area contributed by atoms with Crippen molar-refractivity contribution in [3.8, 4) is 5.75 Å². The summed E-state index contributed by atoms with van der Waals surface area (Å²) in [5.41, 5.74) is 0.781. The van der Waals surface area contributed by atoms with E-state index in [1.54, 1.807) is 7.11 Å². The van der Waals surface area contributed by atoms with Gasteiger partial charge < -0.3 is 9.64 Å². The number of ether oxygens (including phenoxy) is 1. The van der Waals surface area contributed by atoms with Crippen LogP contribution in [0.1, 0.15) is 42.5 Å². The highest BCUT2D eigenvalue weighted by atomic mass is 16.5. The van der Waals surface area contributed by atoms with Gasteiger partial charge in [-0.1, -0.05) is 6.42 Å². The van der Waals surface area contributed by atoms with E-state index < -0.39 is 0 Å². The smallest absolute Gasteiger partial charge is 0.176 e. The zero-order chi connectivity index (χ0) is 16.1. The lowest BCUT2D eigenvalue weighted by molar-refractivity contribution is 0.0775. The predicted octanol–water partition coefficient (Wildman–Crippen LogP) is 2.83. The predicted molar refractivity (Wildman–Crippen MR) is 92.2 cm³/mol. The van der Waals surface area contributed by atoms with E-state index in [0.29, 0.717) is 6.54 Å². The fraction of sp³-hybridized carbons (Fsp3) is 0.632. The summed E-state index contributed by atoms with van der Waals surface area (Å²) in [6, 6.07) is 8.18. The van der Waals surface area contributed by atoms with Crippen LogP contribution in [0, 0.1) is 0 Å². The van der Waals surface area contributed by atoms with E-state index in [9.17, 15) is 4.79 Å². The third-order valence-electron chi connectivity index (χ3n) is 5.24. The van der Waals surface area contributed by atoms with E-state index in [0.717, 1.165) is 30.4 Å². The summed E-state index contributed by atoms with van der Waals surface area (Å²) in [4.78, 5) is 17.4. The van der Waals surface area contributed by atoms with Crippen molar-refractivity contribution in [1.29, 1.82) is 0 Å². The lowest BCUT2D eigenvalue weighted by Crippen LogP contribution is -2.47. The van der Waals surface area contributed by atoms with Crippen LogP contribution in [-0.4, -0.2) is 61.5 Å². The van der Waals surface area contributed by atoms with E-state index >= 15 is 0 Å². The molecule has 4 nitrogen and oxygen atoms in total. The molecule has 0 amide bonds. The molecule has 0 radical (unpaired) electrons. The van der Waals surface area contributed by atoms with Crippen LogP contribution in [0.15, 0.2) is 24.3 Å². The van der Waals surface area contributed by atoms with Gasteiger partial charge >= 0.3 is 0 Å². The van der Waals surface area contributed by atoms with Crippen molar-refractivity contribution < 1.29 is 9.53 Å². The monoisotopic (exact) mass is 316 g/mol. The summed E-state index contributed by atoms with van der Waals surface area (Å²) in [6.45, 7) is 5.18. The molecule has 0 N–H and O–H groups in total. The van der Waals surface area contributed by atoms with Gasteiger partial charge in [0.2, 0.25) is 0 Å². The molecule has 3 rings (SSSR count). The Bertz CT molecular complexity index is 501. The summed E-state index contributed by atoms with van der Waals surface area (Å²) in [5, 5.41) is 0. The third-order valence-corrected chi connectivity index (χ3v) is 5.24. The molecule has 2 aliphatic rings. The molecule has 2 saturated heterocycles. The maximum absolute atomic E-state index is 12.4. The molecule has 0 aromatic heterocycles. The van der Waals surface area contributed by atoms with Gasteiger partial charge in [-0.25, -0.2) is 0 Å². The van der Waals surface area contributed by atoms with Crippen LogP contribution in [0.5, 0.6) is 5.75 Å². The van der Waals surface area contributed by atoms with Crippen LogP contribution in [0.25, 0.3) is 0 Å². The van der Waals surface area contributed by atoms with Crippen LogP contribution in [0.4, 0.5) is 0 Å². The number of rotatable bonds is 5. The van der Waals surface area contributed by atoms with Gasteiger partial charge in [-0.15, -0.1) is 0 Å². The van der Waals surface area contributed by atoms with E-state index in [1.807, 2.05) is 24.3 Å². The van der Waals surface area contributed by atoms with Crippen LogP contribution >= 0.6 is 0 Å². The molecule has 4 heteroatoms. The van der Waals surface area contributed by atoms with Gasteiger partial charge in [-0.3, -0.25) is 9.69 Å². The number of likely N-dealkylation sites (tertiary alicyclic amines) is 2. The van der Waals surface area contributed by atoms with Crippen molar-refractivity contribution in [1.82, 2.24) is 9.80 Å². The average Bonchev–Trinajstić information content (AvgIpc) is 2.63. The van der Waals surface area contributed by atoms with Gasteiger partial charge in [0.1, 0.15) is 5.75 Å². The minimum absolute atomic E-state index is 0.212. The van der Waals surface area contributed by atoms with Crippen LogP contribution in [-0.2, 0) is 0 Å². The summed E-state index contributed by atoms with van der Waals surface area (Å²) in [7, 11) is 1.64. The molecule has 1 aromatic rings. The Morgan fingerprint density at radius 2 is 1.70 bits per heavy atom. The summed E-state index contributed by atoms with van der Waals surface area (Å²) in [5.74, 6) is 1.01. The van der Waals surface area contributed by atoms with Crippen molar-refractivity contribution >= 4 is 5.78 Å². The van der Waals surface area contributed by atoms with E-state index in [-0.39, 0.29) is 5.78 Å². The summed E-state index contributed by atoms with van der Waals surface area (Å²) >= 11 is 0. The van der Waals surface area contributed by atoms with Crippen molar-refractivity contribution in [2.75, 3.05) is 39.8 Å². The first-order valence-electron chi connectivity index (χ1n) is 8.90. The summed E-state index contributed by atoms with van der Waals surface area (Å²) < 4.78 is 5.14. The number of Topliss-reactive ketones (excluding diaryl/α,β-unsaturated/α-hetero) is 1. The molecule has 23 heavy (non-hydrogen) atoms. The minimum atomic E-state index is 0.212. The van der Waals surface area contributed by atoms with E-state index in [1.165, 1.54) is 45.2 Å². The lowest BCUT2D eigenvalue weighted by Gasteiger charge is -2.40. The highest BCUT2D eigenvalue weighted by Gasteiger charge is 2.26. The van der Waals surface area contributed by atoms with Gasteiger partial charge in [0.15, 0.2) is 5.78 Å². The largest absolute Gasteiger partial charge is 0.497 e. The Kier molecular flexibility index (Phi) is 5.68. The third kappa shape index (κ3) is 4.33. The Morgan fingerprint density at radius 1 is 1.04 bits per heavy atom. The molecule has 0 unspecified atom stereocenters. The van der Waals surface area contributed by atoms with Crippen LogP contribution in [0.2, 0.25) is 0 Å². The molecule has 2 fully saturated rings. The maximum atomic E-state index is 12.4. The molecule has 0 atom stereocenters. The molecule has 2 heterocycles. The van der Waals surface area contributed by atoms with Crippen LogP contribution in [0.3, 0.4) is 0 Å². The van der Waals surface area contributed by atoms with Crippen molar-refractivity contribution in [2.45, 2.75) is 38.1 Å². The second-order valence-corrected chi connectivity index (χ2v) is 6.76. The Hall–Kier alpha value is -1.39. The van der Waals surface area contributed by atoms with Crippen molar-refractivity contribution in [3.05, 3.63) is 29.8 Å². The standard InChI is InChI=1S/C19H28N2O2/c1-23-18-7-5-16(6-8-18)19(22)15-20-13-9-17(10-14-20)21-11-3-2-4-12-21/h5-8,17H,2-4,9-15H2,1H3. The zero-order valence-electron chi connectivity index (χ0n) is 14.2. The molecule has 0 bridgehead atoms. The van der Waals surface area contributed by atoms with Gasteiger partial charge in [-0.05, 0) is 63.0 Å². The number of piperidine rings is 2. The van der Waals surface area contributed by atoms with Gasteiger partial charge in [0.05, 0.1) is 13.7 Å². The zero-order valence-corrected chi connectivity index (χ0v) is 14.2. The normalized spacial score (nSPS) is 21.3. The highest BCUT2D eigenvalue weighted by molar-refractivity contribution is 5.97. The van der Waals surface area contributed by atoms with E-state index in [2.05, 4.69) is 9.80 Å². The van der Waals surface area contributed by atoms with Crippen LogP contribution < -0.4 is 4.74 Å². The fourth-order valence-electron chi connectivity index (χ4n) is 3.80. The minimum Gasteiger partial charge on any atom is -0.497 e. The number of methoxy groups -OCH3 is 1. The van der Waals surface area contributed by atoms with Crippen molar-refractivity contribution in [3.63, 3.8) is 0 Å². The van der Waals surface area contributed by atoms with Gasteiger partial charge in [-0.2, -0.15) is 0 Å². The Balaban J connectivity index is 1.46. The summed E-state index contributed by atoms with van der Waals surface area (Å²) in [6.07, 6.45) is 6.52. The van der Waals surface area contributed by atoms with E-state index in [4.69, 9.17) is 4.74 Å². The first-order valence-corrected chi connectivity index (χ1v) is 8.90. The molecule has 2 aliphatic heterocycles. The Morgan fingerprint density at radius 3 is 2.30 bits per heavy atom. The number of ketones is 1. The topological polar surface area (TPSA) is 32.8 Å². The second kappa shape index (κ2) is 7.93. The number of carbonyl (C=O) groups excluding carboxylic acids is 1. The second-order valence-electron chi connectivity index (χ2n) is 6.76. The molecule has 0 saturated carbocycles. The number of hydrogen-bond acceptors (Lipinski definition) is 4. The molecule has 0 spiro atoms. The number of nitrogens with zero attached hydrogens (tertiary/aromatic N) is 2. The number of hydrogen-bond donors (Lipinski definition) is 0. The quantitative estimate of drug-likeness (QED) is 0.782. The highest BCUT2D eigenvalue weighted by Crippen LogP contribution is 2.21. The maximum Gasteiger partial charge on any atom is 0.176 e. The molecular weight excluding hydrogens is 288 g/mol. The number of benzene rings is 1. The SMILES string of the molecule is COc1ccc(C(=O)CN2CCC(N3CCCCC3)CC2)cc1. The lowest BCUT2D eigenvalue weighted by atomic mass is 9.99. The molecule has 126 valence electrons. The van der Waals surface area contributed by atoms with Gasteiger partial charge in [0, 0.05) is 24.7 Å². The number of carbonyl (C=O) groups is 1. The molecular formula is C19H28N2O2. The average molecular weight is 316 g/mol. The Labute approximate surface area is 139 Å². The fourth-order valence-corrected chi connectivity index (χ4v) is 3.80. The molecule has 0 aliphatic carbocycles.